The van der Waals surface area contributed by atoms with E-state index in [0.717, 1.165) is 6.61 Å². The van der Waals surface area contributed by atoms with Crippen molar-refractivity contribution in [3.8, 4) is 0 Å². The van der Waals surface area contributed by atoms with Gasteiger partial charge in [-0.05, 0) is 13.8 Å². The predicted octanol–water partition coefficient (Wildman–Crippen LogP) is -0.125. The van der Waals surface area contributed by atoms with Gasteiger partial charge in [0, 0.05) is 12.6 Å². The third-order valence-corrected chi connectivity index (χ3v) is 0.856. The first-order chi connectivity index (χ1) is 3.81. The predicted molar refractivity (Wildman–Crippen MR) is 33.3 cm³/mol. The van der Waals surface area contributed by atoms with Crippen molar-refractivity contribution in [1.29, 1.82) is 0 Å². The maximum absolute atomic E-state index is 5.08. The topological polar surface area (TPSA) is 47.3 Å². The average molecular weight is 118 g/mol. The Kier molecular flexibility index (Phi) is 4.95. The second kappa shape index (κ2) is 5.03. The molecule has 8 heavy (non-hydrogen) atoms. The Balaban J connectivity index is 2.86. The van der Waals surface area contributed by atoms with E-state index in [-0.39, 0.29) is 6.04 Å². The van der Waals surface area contributed by atoms with Crippen LogP contribution in [0.15, 0.2) is 0 Å². The molecule has 0 saturated heterocycles. The molecule has 3 heteroatoms. The Morgan fingerprint density at radius 2 is 2.38 bits per heavy atom. The van der Waals surface area contributed by atoms with Gasteiger partial charge in [0.2, 0.25) is 0 Å². The molecule has 0 aliphatic rings. The highest BCUT2D eigenvalue weighted by molar-refractivity contribution is 4.50. The van der Waals surface area contributed by atoms with E-state index in [9.17, 15) is 0 Å². The smallest absolute Gasteiger partial charge is 0.0630 e. The summed E-state index contributed by atoms with van der Waals surface area (Å²) in [7, 11) is 0. The van der Waals surface area contributed by atoms with Gasteiger partial charge in [-0.3, -0.25) is 11.3 Å². The Morgan fingerprint density at radius 1 is 1.75 bits per heavy atom. The summed E-state index contributed by atoms with van der Waals surface area (Å²) in [6.45, 7) is 5.37. The summed E-state index contributed by atoms with van der Waals surface area (Å²) in [6, 6.07) is 0.259. The highest BCUT2D eigenvalue weighted by Crippen LogP contribution is 1.79. The molecule has 0 fully saturated rings. The van der Waals surface area contributed by atoms with Crippen molar-refractivity contribution in [1.82, 2.24) is 5.43 Å². The molecule has 0 rings (SSSR count). The first-order valence-corrected chi connectivity index (χ1v) is 2.85. The number of ether oxygens (including phenoxy) is 1. The largest absolute Gasteiger partial charge is 0.380 e. The van der Waals surface area contributed by atoms with Crippen LogP contribution in [0.4, 0.5) is 0 Å². The van der Waals surface area contributed by atoms with Crippen LogP contribution in [0.2, 0.25) is 0 Å². The van der Waals surface area contributed by atoms with Crippen molar-refractivity contribution in [3.05, 3.63) is 0 Å². The molecule has 0 aromatic rings. The highest BCUT2D eigenvalue weighted by atomic mass is 16.5. The third-order valence-electron chi connectivity index (χ3n) is 0.856. The molecule has 0 radical (unpaired) electrons. The third kappa shape index (κ3) is 4.05. The Bertz CT molecular complexity index is 49.7. The fourth-order valence-corrected chi connectivity index (χ4v) is 0.343. The molecule has 1 atom stereocenters. The number of rotatable bonds is 4. The highest BCUT2D eigenvalue weighted by Gasteiger charge is 1.94. The van der Waals surface area contributed by atoms with Gasteiger partial charge in [-0.1, -0.05) is 0 Å². The van der Waals surface area contributed by atoms with Crippen molar-refractivity contribution in [2.24, 2.45) is 5.84 Å². The van der Waals surface area contributed by atoms with E-state index < -0.39 is 0 Å². The lowest BCUT2D eigenvalue weighted by atomic mass is 10.4. The van der Waals surface area contributed by atoms with Crippen molar-refractivity contribution >= 4 is 0 Å². The van der Waals surface area contributed by atoms with Crippen LogP contribution >= 0.6 is 0 Å². The summed E-state index contributed by atoms with van der Waals surface area (Å²) in [5, 5.41) is 0. The van der Waals surface area contributed by atoms with Gasteiger partial charge in [0.1, 0.15) is 0 Å². The zero-order valence-electron chi connectivity index (χ0n) is 5.48. The molecule has 0 amide bonds. The Labute approximate surface area is 50.2 Å². The van der Waals surface area contributed by atoms with Gasteiger partial charge in [0.25, 0.3) is 0 Å². The maximum atomic E-state index is 5.08. The van der Waals surface area contributed by atoms with Crippen LogP contribution in [0, 0.1) is 0 Å². The van der Waals surface area contributed by atoms with E-state index in [2.05, 4.69) is 5.43 Å². The summed E-state index contributed by atoms with van der Waals surface area (Å²) < 4.78 is 5.04. The molecule has 3 N–H and O–H groups in total. The van der Waals surface area contributed by atoms with Gasteiger partial charge in [-0.2, -0.15) is 0 Å². The van der Waals surface area contributed by atoms with E-state index in [1.165, 1.54) is 0 Å². The van der Waals surface area contributed by atoms with Crippen molar-refractivity contribution < 1.29 is 4.74 Å². The van der Waals surface area contributed by atoms with E-state index in [1.807, 2.05) is 13.8 Å². The van der Waals surface area contributed by atoms with Crippen LogP contribution in [-0.2, 0) is 4.74 Å². The molecule has 0 aliphatic carbocycles. The van der Waals surface area contributed by atoms with Gasteiger partial charge in [-0.25, -0.2) is 0 Å². The summed E-state index contributed by atoms with van der Waals surface area (Å²) in [5.41, 5.74) is 2.57. The number of nitrogens with two attached hydrogens (primary N) is 1. The molecular formula is C5H14N2O. The molecule has 50 valence electrons. The zero-order chi connectivity index (χ0) is 6.41. The lowest BCUT2D eigenvalue weighted by molar-refractivity contribution is 0.127. The van der Waals surface area contributed by atoms with E-state index in [4.69, 9.17) is 10.6 Å². The minimum absolute atomic E-state index is 0.259. The normalized spacial score (nSPS) is 13.9. The second-order valence-corrected chi connectivity index (χ2v) is 1.73. The summed E-state index contributed by atoms with van der Waals surface area (Å²) in [5.74, 6) is 5.08. The molecular weight excluding hydrogens is 104 g/mol. The molecule has 3 nitrogen and oxygen atoms in total. The van der Waals surface area contributed by atoms with Gasteiger partial charge in [-0.15, -0.1) is 0 Å². The lowest BCUT2D eigenvalue weighted by Crippen LogP contribution is -2.35. The molecule has 0 spiro atoms. The van der Waals surface area contributed by atoms with Crippen LogP contribution in [0.3, 0.4) is 0 Å². The zero-order valence-corrected chi connectivity index (χ0v) is 5.48. The number of nitrogens with one attached hydrogen (secondary N) is 1. The van der Waals surface area contributed by atoms with Crippen LogP contribution in [0.25, 0.3) is 0 Å². The van der Waals surface area contributed by atoms with Gasteiger partial charge in [0.05, 0.1) is 6.61 Å². The summed E-state index contributed by atoms with van der Waals surface area (Å²) >= 11 is 0. The summed E-state index contributed by atoms with van der Waals surface area (Å²) in [4.78, 5) is 0. The minimum Gasteiger partial charge on any atom is -0.380 e. The monoisotopic (exact) mass is 118 g/mol. The molecule has 0 saturated carbocycles. The van der Waals surface area contributed by atoms with Gasteiger partial charge in [0.15, 0.2) is 0 Å². The molecule has 0 aromatic carbocycles. The van der Waals surface area contributed by atoms with Crippen LogP contribution in [0.1, 0.15) is 13.8 Å². The van der Waals surface area contributed by atoms with Crippen molar-refractivity contribution in [2.75, 3.05) is 13.2 Å². The van der Waals surface area contributed by atoms with E-state index in [0.29, 0.717) is 6.61 Å². The average Bonchev–Trinajstić information content (AvgIpc) is 1.83. The molecule has 0 bridgehead atoms. The minimum atomic E-state index is 0.259. The molecule has 0 heterocycles. The van der Waals surface area contributed by atoms with Gasteiger partial charge < -0.3 is 4.74 Å². The Morgan fingerprint density at radius 3 is 2.75 bits per heavy atom. The lowest BCUT2D eigenvalue weighted by Gasteiger charge is -2.07. The number of hydrazine groups is 1. The number of hydrogen-bond acceptors (Lipinski definition) is 3. The summed E-state index contributed by atoms with van der Waals surface area (Å²) in [6.07, 6.45) is 0. The molecule has 0 aliphatic heterocycles. The van der Waals surface area contributed by atoms with Crippen LogP contribution in [0.5, 0.6) is 0 Å². The fourth-order valence-electron chi connectivity index (χ4n) is 0.343. The standard InChI is InChI=1S/C5H14N2O/c1-3-8-4-5(2)7-6/h5,7H,3-4,6H2,1-2H3. The Hall–Kier alpha value is -0.120. The quantitative estimate of drug-likeness (QED) is 0.399. The fraction of sp³-hybridized carbons (Fsp3) is 1.00. The SMILES string of the molecule is CCOCC(C)NN. The molecule has 0 aromatic heterocycles. The second-order valence-electron chi connectivity index (χ2n) is 1.73. The maximum Gasteiger partial charge on any atom is 0.0630 e. The van der Waals surface area contributed by atoms with E-state index in [1.54, 1.807) is 0 Å². The van der Waals surface area contributed by atoms with Crippen LogP contribution < -0.4 is 11.3 Å². The van der Waals surface area contributed by atoms with E-state index >= 15 is 0 Å². The number of hydrogen-bond donors (Lipinski definition) is 2. The first kappa shape index (κ1) is 7.88. The van der Waals surface area contributed by atoms with Crippen molar-refractivity contribution in [3.63, 3.8) is 0 Å². The van der Waals surface area contributed by atoms with Gasteiger partial charge >= 0.3 is 0 Å². The first-order valence-electron chi connectivity index (χ1n) is 2.85. The molecule has 1 unspecified atom stereocenters. The van der Waals surface area contributed by atoms with Crippen LogP contribution in [-0.4, -0.2) is 19.3 Å². The van der Waals surface area contributed by atoms with Crippen molar-refractivity contribution in [2.45, 2.75) is 19.9 Å².